The Bertz CT molecular complexity index is 86.1. The monoisotopic (exact) mass is 121 g/mol. The van der Waals surface area contributed by atoms with Crippen LogP contribution in [0.25, 0.3) is 0 Å². The number of carbonyl (C=O) groups excluding carboxylic acids is 1. The van der Waals surface area contributed by atoms with Crippen molar-refractivity contribution in [2.75, 3.05) is 13.9 Å². The van der Waals surface area contributed by atoms with Crippen LogP contribution in [0, 0.1) is 0 Å². The molecule has 0 fully saturated rings. The summed E-state index contributed by atoms with van der Waals surface area (Å²) in [5.41, 5.74) is 0. The Labute approximate surface area is 47.0 Å². The van der Waals surface area contributed by atoms with E-state index < -0.39 is 6.86 Å². The molecule has 0 aromatic heterocycles. The van der Waals surface area contributed by atoms with Crippen molar-refractivity contribution in [1.29, 1.82) is 0 Å². The largest absolute Gasteiger partial charge is 0.273 e. The fourth-order valence-electron chi connectivity index (χ4n) is 0.164. The van der Waals surface area contributed by atoms with Crippen LogP contribution in [-0.2, 0) is 9.63 Å². The van der Waals surface area contributed by atoms with Gasteiger partial charge in [-0.2, -0.15) is 0 Å². The predicted octanol–water partition coefficient (Wildman–Crippen LogP) is 0.323. The lowest BCUT2D eigenvalue weighted by Crippen LogP contribution is -2.23. The molecule has 1 amide bonds. The molecule has 48 valence electrons. The number of rotatable bonds is 2. The lowest BCUT2D eigenvalue weighted by Gasteiger charge is -2.09. The Balaban J connectivity index is 3.32. The third-order valence-corrected chi connectivity index (χ3v) is 0.686. The summed E-state index contributed by atoms with van der Waals surface area (Å²) in [5, 5.41) is 0.833. The summed E-state index contributed by atoms with van der Waals surface area (Å²) in [6.45, 7) is 0.325. The van der Waals surface area contributed by atoms with Crippen molar-refractivity contribution in [3.8, 4) is 0 Å². The van der Waals surface area contributed by atoms with Crippen LogP contribution in [0.3, 0.4) is 0 Å². The lowest BCUT2D eigenvalue weighted by molar-refractivity contribution is -0.189. The first-order valence-corrected chi connectivity index (χ1v) is 2.11. The highest BCUT2D eigenvalue weighted by atomic mass is 19.1. The van der Waals surface area contributed by atoms with Gasteiger partial charge < -0.3 is 0 Å². The topological polar surface area (TPSA) is 29.5 Å². The van der Waals surface area contributed by atoms with Gasteiger partial charge in [-0.3, -0.25) is 4.79 Å². The van der Waals surface area contributed by atoms with Gasteiger partial charge in [-0.05, 0) is 0 Å². The van der Waals surface area contributed by atoms with Crippen LogP contribution in [0.15, 0.2) is 0 Å². The van der Waals surface area contributed by atoms with E-state index in [-0.39, 0.29) is 5.91 Å². The molecule has 0 aromatic rings. The number of hydroxylamine groups is 2. The van der Waals surface area contributed by atoms with E-state index in [4.69, 9.17) is 0 Å². The summed E-state index contributed by atoms with van der Waals surface area (Å²) in [5.74, 6) is -0.317. The van der Waals surface area contributed by atoms with Crippen molar-refractivity contribution in [2.24, 2.45) is 0 Å². The van der Waals surface area contributed by atoms with Crippen molar-refractivity contribution in [3.05, 3.63) is 0 Å². The van der Waals surface area contributed by atoms with Gasteiger partial charge in [-0.1, -0.05) is 0 Å². The Morgan fingerprint density at radius 1 is 1.88 bits per heavy atom. The molecule has 0 bridgehead atoms. The van der Waals surface area contributed by atoms with Gasteiger partial charge in [-0.15, -0.1) is 0 Å². The zero-order valence-corrected chi connectivity index (χ0v) is 4.85. The quantitative estimate of drug-likeness (QED) is 0.492. The number of carbonyl (C=O) groups is 1. The van der Waals surface area contributed by atoms with E-state index in [1.165, 1.54) is 14.0 Å². The minimum absolute atomic E-state index is 0.317. The molecule has 0 atom stereocenters. The fourth-order valence-corrected chi connectivity index (χ4v) is 0.164. The maximum Gasteiger partial charge on any atom is 0.242 e. The predicted molar refractivity (Wildman–Crippen MR) is 25.5 cm³/mol. The van der Waals surface area contributed by atoms with Gasteiger partial charge in [0, 0.05) is 14.0 Å². The number of nitrogens with zero attached hydrogens (tertiary/aromatic N) is 1. The SMILES string of the molecule is CC(=O)N(C)OCF. The van der Waals surface area contributed by atoms with Crippen LogP contribution < -0.4 is 0 Å². The highest BCUT2D eigenvalue weighted by Crippen LogP contribution is 1.84. The van der Waals surface area contributed by atoms with Gasteiger partial charge in [0.25, 0.3) is 0 Å². The molecular formula is C4H8FNO2. The molecule has 0 aliphatic heterocycles. The molecule has 8 heavy (non-hydrogen) atoms. The van der Waals surface area contributed by atoms with Gasteiger partial charge in [0.1, 0.15) is 0 Å². The Kier molecular flexibility index (Phi) is 3.10. The fraction of sp³-hybridized carbons (Fsp3) is 0.750. The van der Waals surface area contributed by atoms with Crippen molar-refractivity contribution in [2.45, 2.75) is 6.92 Å². The zero-order valence-electron chi connectivity index (χ0n) is 4.85. The van der Waals surface area contributed by atoms with Gasteiger partial charge in [-0.25, -0.2) is 14.3 Å². The molecule has 0 unspecified atom stereocenters. The van der Waals surface area contributed by atoms with Crippen LogP contribution >= 0.6 is 0 Å². The first kappa shape index (κ1) is 7.36. The van der Waals surface area contributed by atoms with E-state index in [0.717, 1.165) is 5.06 Å². The first-order valence-electron chi connectivity index (χ1n) is 2.11. The van der Waals surface area contributed by atoms with E-state index in [1.54, 1.807) is 0 Å². The van der Waals surface area contributed by atoms with Crippen molar-refractivity contribution >= 4 is 5.91 Å². The molecule has 4 heteroatoms. The van der Waals surface area contributed by atoms with Crippen molar-refractivity contribution in [1.82, 2.24) is 5.06 Å². The van der Waals surface area contributed by atoms with E-state index in [1.807, 2.05) is 0 Å². The molecule has 0 aliphatic rings. The number of hydrogen-bond donors (Lipinski definition) is 0. The van der Waals surface area contributed by atoms with Gasteiger partial charge >= 0.3 is 0 Å². The number of hydrogen-bond acceptors (Lipinski definition) is 2. The highest BCUT2D eigenvalue weighted by molar-refractivity contribution is 5.71. The molecule has 0 aromatic carbocycles. The van der Waals surface area contributed by atoms with E-state index in [2.05, 4.69) is 4.84 Å². The molecule has 3 nitrogen and oxygen atoms in total. The summed E-state index contributed by atoms with van der Waals surface area (Å²) in [6, 6.07) is 0. The highest BCUT2D eigenvalue weighted by Gasteiger charge is 1.98. The van der Waals surface area contributed by atoms with E-state index in [0.29, 0.717) is 0 Å². The number of amides is 1. The summed E-state index contributed by atoms with van der Waals surface area (Å²) < 4.78 is 11.2. The second-order valence-electron chi connectivity index (χ2n) is 1.25. The summed E-state index contributed by atoms with van der Waals surface area (Å²) in [7, 11) is 1.35. The Hall–Kier alpha value is -0.640. The summed E-state index contributed by atoms with van der Waals surface area (Å²) in [4.78, 5) is 14.3. The molecule has 0 N–H and O–H groups in total. The van der Waals surface area contributed by atoms with E-state index in [9.17, 15) is 9.18 Å². The Morgan fingerprint density at radius 3 is 2.50 bits per heavy atom. The van der Waals surface area contributed by atoms with Crippen molar-refractivity contribution in [3.63, 3.8) is 0 Å². The molecule has 0 aliphatic carbocycles. The van der Waals surface area contributed by atoms with Crippen LogP contribution in [0.5, 0.6) is 0 Å². The standard InChI is InChI=1S/C4H8FNO2/c1-4(7)6(2)8-3-5/h3H2,1-2H3. The normalized spacial score (nSPS) is 8.88. The summed E-state index contributed by atoms with van der Waals surface area (Å²) >= 11 is 0. The van der Waals surface area contributed by atoms with Crippen molar-refractivity contribution < 1.29 is 14.0 Å². The van der Waals surface area contributed by atoms with E-state index >= 15 is 0 Å². The molecule has 0 saturated carbocycles. The van der Waals surface area contributed by atoms with Crippen LogP contribution in [0.1, 0.15) is 6.92 Å². The maximum atomic E-state index is 11.2. The van der Waals surface area contributed by atoms with Gasteiger partial charge in [0.05, 0.1) is 0 Å². The van der Waals surface area contributed by atoms with Gasteiger partial charge in [0.15, 0.2) is 0 Å². The number of halogens is 1. The maximum absolute atomic E-state index is 11.2. The van der Waals surface area contributed by atoms with Crippen LogP contribution in [0.4, 0.5) is 4.39 Å². The Morgan fingerprint density at radius 2 is 2.38 bits per heavy atom. The zero-order chi connectivity index (χ0) is 6.57. The second kappa shape index (κ2) is 3.37. The average Bonchev–Trinajstić information content (AvgIpc) is 1.67. The smallest absolute Gasteiger partial charge is 0.242 e. The molecule has 0 spiro atoms. The summed E-state index contributed by atoms with van der Waals surface area (Å²) in [6.07, 6.45) is 0. The molecule has 0 radical (unpaired) electrons. The second-order valence-corrected chi connectivity index (χ2v) is 1.25. The molecule has 0 rings (SSSR count). The minimum Gasteiger partial charge on any atom is -0.273 e. The first-order chi connectivity index (χ1) is 3.68. The lowest BCUT2D eigenvalue weighted by atomic mass is 10.7. The molecule has 0 saturated heterocycles. The average molecular weight is 121 g/mol. The number of alkyl halides is 1. The van der Waals surface area contributed by atoms with Gasteiger partial charge in [0.2, 0.25) is 12.8 Å². The minimum atomic E-state index is -0.962. The third-order valence-electron chi connectivity index (χ3n) is 0.686. The third kappa shape index (κ3) is 2.52. The van der Waals surface area contributed by atoms with Crippen LogP contribution in [0.2, 0.25) is 0 Å². The molecular weight excluding hydrogens is 113 g/mol. The molecule has 0 heterocycles. The van der Waals surface area contributed by atoms with Crippen LogP contribution in [-0.4, -0.2) is 24.9 Å².